The van der Waals surface area contributed by atoms with Crippen LogP contribution < -0.4 is 5.32 Å². The Morgan fingerprint density at radius 3 is 2.74 bits per heavy atom. The lowest BCUT2D eigenvalue weighted by atomic mass is 9.91. The molecule has 0 radical (unpaired) electrons. The van der Waals surface area contributed by atoms with E-state index in [1.165, 1.54) is 27.1 Å². The second-order valence-electron chi connectivity index (χ2n) is 7.47. The number of amides is 1. The molecule has 4 nitrogen and oxygen atoms in total. The zero-order chi connectivity index (χ0) is 19.1. The average molecular weight is 380 g/mol. The maximum Gasteiger partial charge on any atom is 0.261 e. The predicted molar refractivity (Wildman–Crippen MR) is 110 cm³/mol. The number of nitrogens with one attached hydrogen (secondary N) is 1. The fraction of sp³-hybridized carbons (Fsp3) is 0.364. The Labute approximate surface area is 164 Å². The van der Waals surface area contributed by atoms with Gasteiger partial charge in [0.1, 0.15) is 0 Å². The van der Waals surface area contributed by atoms with Crippen molar-refractivity contribution >= 4 is 17.2 Å². The number of hydrogen-bond donors (Lipinski definition) is 1. The molecular formula is C22H25N3OS. The van der Waals surface area contributed by atoms with Crippen LogP contribution in [0, 0.1) is 13.8 Å². The van der Waals surface area contributed by atoms with Crippen molar-refractivity contribution in [3.8, 4) is 10.4 Å². The van der Waals surface area contributed by atoms with Gasteiger partial charge in [-0.1, -0.05) is 24.3 Å². The molecule has 0 unspecified atom stereocenters. The zero-order valence-electron chi connectivity index (χ0n) is 16.3. The molecule has 140 valence electrons. The number of hydrogen-bond acceptors (Lipinski definition) is 3. The molecule has 1 amide bonds. The van der Waals surface area contributed by atoms with Crippen LogP contribution in [0.4, 0.5) is 0 Å². The van der Waals surface area contributed by atoms with Gasteiger partial charge in [-0.3, -0.25) is 9.48 Å². The summed E-state index contributed by atoms with van der Waals surface area (Å²) in [5.41, 5.74) is 7.41. The summed E-state index contributed by atoms with van der Waals surface area (Å²) < 4.78 is 1.91. The number of aryl methyl sites for hydroxylation is 4. The molecule has 0 saturated heterocycles. The lowest BCUT2D eigenvalue weighted by Gasteiger charge is -2.15. The molecule has 5 heteroatoms. The number of benzene rings is 1. The second kappa shape index (κ2) is 6.97. The van der Waals surface area contributed by atoms with E-state index in [4.69, 9.17) is 0 Å². The van der Waals surface area contributed by atoms with E-state index in [0.717, 1.165) is 35.5 Å². The van der Waals surface area contributed by atoms with Crippen molar-refractivity contribution in [2.45, 2.75) is 46.1 Å². The molecule has 0 spiro atoms. The molecule has 1 N–H and O–H groups in total. The first-order valence-corrected chi connectivity index (χ1v) is 10.3. The first-order chi connectivity index (χ1) is 12.9. The molecular weight excluding hydrogens is 354 g/mol. The highest BCUT2D eigenvalue weighted by Gasteiger charge is 2.22. The normalized spacial score (nSPS) is 13.8. The summed E-state index contributed by atoms with van der Waals surface area (Å²) in [6.07, 6.45) is 2.86. The maximum atomic E-state index is 12.8. The smallest absolute Gasteiger partial charge is 0.261 e. The minimum absolute atomic E-state index is 0.0265. The van der Waals surface area contributed by atoms with Gasteiger partial charge in [-0.05, 0) is 68.4 Å². The Morgan fingerprint density at radius 1 is 1.26 bits per heavy atom. The van der Waals surface area contributed by atoms with Gasteiger partial charge in [0.05, 0.1) is 10.6 Å². The van der Waals surface area contributed by atoms with E-state index in [1.807, 2.05) is 18.7 Å². The highest BCUT2D eigenvalue weighted by molar-refractivity contribution is 7.17. The molecule has 4 rings (SSSR count). The summed E-state index contributed by atoms with van der Waals surface area (Å²) in [6.45, 7) is 6.17. The van der Waals surface area contributed by atoms with Crippen LogP contribution in [-0.4, -0.2) is 21.7 Å². The number of thiophene rings is 1. The Hall–Kier alpha value is -2.40. The number of fused-ring (bicyclic) bond motifs is 3. The summed E-state index contributed by atoms with van der Waals surface area (Å²) in [4.78, 5) is 14.9. The van der Waals surface area contributed by atoms with Crippen molar-refractivity contribution < 1.29 is 4.79 Å². The van der Waals surface area contributed by atoms with Crippen molar-refractivity contribution in [2.75, 3.05) is 0 Å². The number of carbonyl (C=O) groups excluding carboxylic acids is 1. The lowest BCUT2D eigenvalue weighted by Crippen LogP contribution is -2.33. The van der Waals surface area contributed by atoms with Crippen LogP contribution in [0.25, 0.3) is 10.4 Å². The summed E-state index contributed by atoms with van der Waals surface area (Å²) in [6, 6.07) is 10.7. The second-order valence-corrected chi connectivity index (χ2v) is 8.53. The minimum Gasteiger partial charge on any atom is -0.349 e. The molecule has 1 aromatic carbocycles. The van der Waals surface area contributed by atoms with E-state index in [9.17, 15) is 4.79 Å². The number of nitrogens with zero attached hydrogens (tertiary/aromatic N) is 2. The third kappa shape index (κ3) is 3.32. The van der Waals surface area contributed by atoms with Crippen LogP contribution in [0.3, 0.4) is 0 Å². The topological polar surface area (TPSA) is 46.9 Å². The molecule has 2 heterocycles. The van der Waals surface area contributed by atoms with E-state index in [1.54, 1.807) is 11.3 Å². The fourth-order valence-electron chi connectivity index (χ4n) is 3.95. The standard InChI is InChI=1S/C22H25N3OS/c1-13(11-19-14(2)24-25(4)15(19)3)23-22(26)20-12-17-10-9-16-7-5-6-8-18(16)21(17)27-20/h5-8,12-13H,9-11H2,1-4H3,(H,23,26)/t13-/m1/s1. The Balaban J connectivity index is 1.50. The predicted octanol–water partition coefficient (Wildman–Crippen LogP) is 4.23. The van der Waals surface area contributed by atoms with Crippen LogP contribution in [0.2, 0.25) is 0 Å². The van der Waals surface area contributed by atoms with Gasteiger partial charge in [0.2, 0.25) is 0 Å². The quantitative estimate of drug-likeness (QED) is 0.738. The number of aromatic nitrogens is 2. The Kier molecular flexibility index (Phi) is 4.64. The van der Waals surface area contributed by atoms with Gasteiger partial charge in [-0.25, -0.2) is 0 Å². The van der Waals surface area contributed by atoms with Crippen LogP contribution in [0.5, 0.6) is 0 Å². The molecule has 27 heavy (non-hydrogen) atoms. The average Bonchev–Trinajstić information content (AvgIpc) is 3.19. The van der Waals surface area contributed by atoms with Crippen LogP contribution in [0.15, 0.2) is 30.3 Å². The fourth-order valence-corrected chi connectivity index (χ4v) is 5.12. The van der Waals surface area contributed by atoms with Gasteiger partial charge in [0.25, 0.3) is 5.91 Å². The van der Waals surface area contributed by atoms with E-state index >= 15 is 0 Å². The highest BCUT2D eigenvalue weighted by atomic mass is 32.1. The monoisotopic (exact) mass is 379 g/mol. The van der Waals surface area contributed by atoms with Crippen molar-refractivity contribution in [1.29, 1.82) is 0 Å². The first-order valence-electron chi connectivity index (χ1n) is 9.45. The molecule has 0 saturated carbocycles. The van der Waals surface area contributed by atoms with Gasteiger partial charge in [-0.15, -0.1) is 11.3 Å². The summed E-state index contributed by atoms with van der Waals surface area (Å²) in [5, 5.41) is 7.65. The largest absolute Gasteiger partial charge is 0.349 e. The molecule has 0 bridgehead atoms. The van der Waals surface area contributed by atoms with E-state index in [2.05, 4.69) is 54.6 Å². The highest BCUT2D eigenvalue weighted by Crippen LogP contribution is 2.39. The Bertz CT molecular complexity index is 1010. The van der Waals surface area contributed by atoms with Crippen molar-refractivity contribution in [3.05, 3.63) is 63.3 Å². The van der Waals surface area contributed by atoms with E-state index < -0.39 is 0 Å². The van der Waals surface area contributed by atoms with Crippen LogP contribution in [-0.2, 0) is 26.3 Å². The maximum absolute atomic E-state index is 12.8. The van der Waals surface area contributed by atoms with Gasteiger partial charge in [0, 0.05) is 23.7 Å². The first kappa shape index (κ1) is 18.0. The summed E-state index contributed by atoms with van der Waals surface area (Å²) in [5.74, 6) is 0.0265. The van der Waals surface area contributed by atoms with Gasteiger partial charge in [0.15, 0.2) is 0 Å². The SMILES string of the molecule is Cc1nn(C)c(C)c1C[C@@H](C)NC(=O)c1cc2c(s1)-c1ccccc1CC2. The van der Waals surface area contributed by atoms with Gasteiger partial charge >= 0.3 is 0 Å². The summed E-state index contributed by atoms with van der Waals surface area (Å²) in [7, 11) is 1.96. The molecule has 0 aliphatic heterocycles. The van der Waals surface area contributed by atoms with Crippen LogP contribution >= 0.6 is 11.3 Å². The molecule has 1 atom stereocenters. The lowest BCUT2D eigenvalue weighted by molar-refractivity contribution is 0.0944. The molecule has 2 aromatic heterocycles. The molecule has 1 aliphatic rings. The minimum atomic E-state index is 0.0265. The van der Waals surface area contributed by atoms with Crippen LogP contribution in [0.1, 0.15) is 44.7 Å². The van der Waals surface area contributed by atoms with Gasteiger partial charge in [-0.2, -0.15) is 5.10 Å². The van der Waals surface area contributed by atoms with Crippen molar-refractivity contribution in [3.63, 3.8) is 0 Å². The van der Waals surface area contributed by atoms with Crippen molar-refractivity contribution in [1.82, 2.24) is 15.1 Å². The third-order valence-electron chi connectivity index (χ3n) is 5.51. The van der Waals surface area contributed by atoms with E-state index in [-0.39, 0.29) is 11.9 Å². The Morgan fingerprint density at radius 2 is 2.00 bits per heavy atom. The van der Waals surface area contributed by atoms with Gasteiger partial charge < -0.3 is 5.32 Å². The molecule has 0 fully saturated rings. The third-order valence-corrected chi connectivity index (χ3v) is 6.71. The van der Waals surface area contributed by atoms with E-state index in [0.29, 0.717) is 0 Å². The van der Waals surface area contributed by atoms with Crippen molar-refractivity contribution in [2.24, 2.45) is 7.05 Å². The number of rotatable bonds is 4. The molecule has 3 aromatic rings. The zero-order valence-corrected chi connectivity index (χ0v) is 17.1. The summed E-state index contributed by atoms with van der Waals surface area (Å²) >= 11 is 1.62. The molecule has 1 aliphatic carbocycles. The number of carbonyl (C=O) groups is 1.